The van der Waals surface area contributed by atoms with Crippen molar-refractivity contribution in [2.75, 3.05) is 5.43 Å². The predicted octanol–water partition coefficient (Wildman–Crippen LogP) is 4.33. The summed E-state index contributed by atoms with van der Waals surface area (Å²) >= 11 is 6.35. The van der Waals surface area contributed by atoms with Crippen LogP contribution in [0.15, 0.2) is 53.6 Å². The van der Waals surface area contributed by atoms with E-state index < -0.39 is 4.92 Å². The van der Waals surface area contributed by atoms with Crippen LogP contribution in [0.4, 0.5) is 15.8 Å². The number of nitro groups is 1. The van der Waals surface area contributed by atoms with Gasteiger partial charge in [0.25, 0.3) is 5.69 Å². The Morgan fingerprint density at radius 2 is 2.04 bits per heavy atom. The molecule has 0 aliphatic carbocycles. The third-order valence-corrected chi connectivity index (χ3v) is 3.93. The van der Waals surface area contributed by atoms with Gasteiger partial charge in [0.15, 0.2) is 0 Å². The topological polar surface area (TPSA) is 85.3 Å². The van der Waals surface area contributed by atoms with E-state index in [2.05, 4.69) is 15.6 Å². The van der Waals surface area contributed by atoms with Crippen LogP contribution in [0.1, 0.15) is 11.3 Å². The summed E-state index contributed by atoms with van der Waals surface area (Å²) in [5.74, 6) is -0.350. The summed E-state index contributed by atoms with van der Waals surface area (Å²) in [5.41, 5.74) is 4.97. The van der Waals surface area contributed by atoms with E-state index in [0.717, 1.165) is 0 Å². The molecule has 9 heteroatoms. The molecule has 0 fully saturated rings. The summed E-state index contributed by atoms with van der Waals surface area (Å²) in [5, 5.41) is 19.5. The summed E-state index contributed by atoms with van der Waals surface area (Å²) in [6.07, 6.45) is 1.48. The van der Waals surface area contributed by atoms with Crippen molar-refractivity contribution in [1.29, 1.82) is 0 Å². The standard InChI is InChI=1S/C17H13ClFN5O2/c1-11-16(10-20-21-13-3-2-4-15(9-13)24(25)26)17(18)23(22-11)14-7-5-12(19)6-8-14/h2-10,21H,1H3/b20-10-. The Morgan fingerprint density at radius 3 is 2.73 bits per heavy atom. The lowest BCUT2D eigenvalue weighted by molar-refractivity contribution is -0.384. The van der Waals surface area contributed by atoms with Crippen LogP contribution in [0, 0.1) is 22.9 Å². The van der Waals surface area contributed by atoms with Gasteiger partial charge in [-0.05, 0) is 37.3 Å². The molecular weight excluding hydrogens is 361 g/mol. The molecule has 3 aromatic rings. The van der Waals surface area contributed by atoms with Crippen LogP contribution in [0.25, 0.3) is 5.69 Å². The molecule has 0 saturated heterocycles. The molecule has 0 amide bonds. The van der Waals surface area contributed by atoms with Crippen molar-refractivity contribution in [1.82, 2.24) is 9.78 Å². The molecule has 1 heterocycles. The largest absolute Gasteiger partial charge is 0.278 e. The van der Waals surface area contributed by atoms with Crippen LogP contribution in [0.2, 0.25) is 5.15 Å². The molecular formula is C17H13ClFN5O2. The molecule has 2 aromatic carbocycles. The van der Waals surface area contributed by atoms with Gasteiger partial charge in [-0.25, -0.2) is 9.07 Å². The average molecular weight is 374 g/mol. The minimum atomic E-state index is -0.483. The number of halogens is 2. The molecule has 7 nitrogen and oxygen atoms in total. The monoisotopic (exact) mass is 373 g/mol. The molecule has 0 atom stereocenters. The summed E-state index contributed by atoms with van der Waals surface area (Å²) in [4.78, 5) is 10.3. The fourth-order valence-corrected chi connectivity index (χ4v) is 2.59. The Hall–Kier alpha value is -3.26. The number of hydrazone groups is 1. The fourth-order valence-electron chi connectivity index (χ4n) is 2.27. The molecule has 0 saturated carbocycles. The molecule has 3 rings (SSSR count). The number of nitro benzene ring substituents is 1. The van der Waals surface area contributed by atoms with Gasteiger partial charge >= 0.3 is 0 Å². The number of hydrogen-bond donors (Lipinski definition) is 1. The summed E-state index contributed by atoms with van der Waals surface area (Å²) < 4.78 is 14.5. The van der Waals surface area contributed by atoms with E-state index in [4.69, 9.17) is 11.6 Å². The van der Waals surface area contributed by atoms with E-state index in [1.807, 2.05) is 0 Å². The van der Waals surface area contributed by atoms with Crippen molar-refractivity contribution >= 4 is 29.2 Å². The van der Waals surface area contributed by atoms with Crippen molar-refractivity contribution in [3.05, 3.63) is 80.9 Å². The zero-order chi connectivity index (χ0) is 18.7. The zero-order valence-corrected chi connectivity index (χ0v) is 14.3. The second kappa shape index (κ2) is 7.32. The lowest BCUT2D eigenvalue weighted by Gasteiger charge is -2.02. The van der Waals surface area contributed by atoms with Crippen LogP contribution < -0.4 is 5.43 Å². The van der Waals surface area contributed by atoms with Gasteiger partial charge in [-0.3, -0.25) is 15.5 Å². The van der Waals surface area contributed by atoms with E-state index in [1.165, 1.54) is 35.2 Å². The van der Waals surface area contributed by atoms with Gasteiger partial charge in [0, 0.05) is 12.1 Å². The lowest BCUT2D eigenvalue weighted by atomic mass is 10.3. The van der Waals surface area contributed by atoms with Crippen LogP contribution in [-0.2, 0) is 0 Å². The van der Waals surface area contributed by atoms with Gasteiger partial charge in [0.1, 0.15) is 11.0 Å². The molecule has 0 spiro atoms. The minimum Gasteiger partial charge on any atom is -0.278 e. The summed E-state index contributed by atoms with van der Waals surface area (Å²) in [6, 6.07) is 11.7. The first-order chi connectivity index (χ1) is 12.5. The van der Waals surface area contributed by atoms with Crippen molar-refractivity contribution in [3.8, 4) is 5.69 Å². The highest BCUT2D eigenvalue weighted by molar-refractivity contribution is 6.32. The van der Waals surface area contributed by atoms with E-state index in [-0.39, 0.29) is 11.5 Å². The van der Waals surface area contributed by atoms with E-state index in [9.17, 15) is 14.5 Å². The SMILES string of the molecule is Cc1nn(-c2ccc(F)cc2)c(Cl)c1/C=N\Nc1cccc([N+](=O)[O-])c1. The number of nitrogens with zero attached hydrogens (tertiary/aromatic N) is 4. The second-order valence-electron chi connectivity index (χ2n) is 5.36. The molecule has 1 aromatic heterocycles. The maximum absolute atomic E-state index is 13.1. The molecule has 132 valence electrons. The number of rotatable bonds is 5. The molecule has 0 aliphatic heterocycles. The number of anilines is 1. The van der Waals surface area contributed by atoms with Gasteiger partial charge in [-0.1, -0.05) is 17.7 Å². The Morgan fingerprint density at radius 1 is 1.31 bits per heavy atom. The first kappa shape index (κ1) is 17.6. The van der Waals surface area contributed by atoms with Crippen molar-refractivity contribution in [2.45, 2.75) is 6.92 Å². The maximum atomic E-state index is 13.1. The molecule has 0 bridgehead atoms. The lowest BCUT2D eigenvalue weighted by Crippen LogP contribution is -1.97. The zero-order valence-electron chi connectivity index (χ0n) is 13.6. The number of hydrogen-bond acceptors (Lipinski definition) is 5. The van der Waals surface area contributed by atoms with Gasteiger partial charge < -0.3 is 0 Å². The highest BCUT2D eigenvalue weighted by Crippen LogP contribution is 2.22. The maximum Gasteiger partial charge on any atom is 0.271 e. The Bertz CT molecular complexity index is 985. The first-order valence-electron chi connectivity index (χ1n) is 7.50. The van der Waals surface area contributed by atoms with Crippen molar-refractivity contribution in [3.63, 3.8) is 0 Å². The quantitative estimate of drug-likeness (QED) is 0.410. The first-order valence-corrected chi connectivity index (χ1v) is 7.88. The summed E-state index contributed by atoms with van der Waals surface area (Å²) in [6.45, 7) is 1.76. The smallest absolute Gasteiger partial charge is 0.271 e. The third-order valence-electron chi connectivity index (χ3n) is 3.56. The van der Waals surface area contributed by atoms with Crippen LogP contribution in [0.5, 0.6) is 0 Å². The molecule has 26 heavy (non-hydrogen) atoms. The number of aromatic nitrogens is 2. The van der Waals surface area contributed by atoms with Crippen molar-refractivity contribution < 1.29 is 9.31 Å². The van der Waals surface area contributed by atoms with E-state index in [1.54, 1.807) is 31.2 Å². The summed E-state index contributed by atoms with van der Waals surface area (Å²) in [7, 11) is 0. The number of nitrogens with one attached hydrogen (secondary N) is 1. The molecule has 0 radical (unpaired) electrons. The van der Waals surface area contributed by atoms with Gasteiger partial charge in [-0.15, -0.1) is 0 Å². The molecule has 0 unspecified atom stereocenters. The highest BCUT2D eigenvalue weighted by Gasteiger charge is 2.13. The van der Waals surface area contributed by atoms with Gasteiger partial charge in [0.2, 0.25) is 0 Å². The van der Waals surface area contributed by atoms with Crippen molar-refractivity contribution in [2.24, 2.45) is 5.10 Å². The van der Waals surface area contributed by atoms with E-state index in [0.29, 0.717) is 27.8 Å². The second-order valence-corrected chi connectivity index (χ2v) is 5.71. The van der Waals surface area contributed by atoms with Gasteiger partial charge in [-0.2, -0.15) is 10.2 Å². The van der Waals surface area contributed by atoms with E-state index >= 15 is 0 Å². The number of benzene rings is 2. The minimum absolute atomic E-state index is 0.0384. The Balaban J connectivity index is 1.82. The van der Waals surface area contributed by atoms with Gasteiger partial charge in [0.05, 0.1) is 33.8 Å². The number of aryl methyl sites for hydroxylation is 1. The molecule has 0 aliphatic rings. The van der Waals surface area contributed by atoms with Crippen LogP contribution >= 0.6 is 11.6 Å². The Labute approximate surface area is 152 Å². The average Bonchev–Trinajstić information content (AvgIpc) is 2.91. The third kappa shape index (κ3) is 3.70. The number of non-ortho nitro benzene ring substituents is 1. The predicted molar refractivity (Wildman–Crippen MR) is 97.6 cm³/mol. The van der Waals surface area contributed by atoms with Crippen LogP contribution in [0.3, 0.4) is 0 Å². The fraction of sp³-hybridized carbons (Fsp3) is 0.0588. The Kier molecular flexibility index (Phi) is 4.94. The highest BCUT2D eigenvalue weighted by atomic mass is 35.5. The van der Waals surface area contributed by atoms with Crippen LogP contribution in [-0.4, -0.2) is 20.9 Å². The normalized spacial score (nSPS) is 11.0. The molecule has 1 N–H and O–H groups in total.